The average Bonchev–Trinajstić information content (AvgIpc) is 3.13. The van der Waals surface area contributed by atoms with Crippen molar-refractivity contribution in [1.29, 1.82) is 0 Å². The fourth-order valence-electron chi connectivity index (χ4n) is 6.52. The van der Waals surface area contributed by atoms with E-state index in [2.05, 4.69) is 59.6 Å². The van der Waals surface area contributed by atoms with E-state index in [0.717, 1.165) is 44.9 Å². The highest BCUT2D eigenvalue weighted by molar-refractivity contribution is 5.91. The molecule has 0 atom stereocenters. The zero-order valence-corrected chi connectivity index (χ0v) is 22.0. The van der Waals surface area contributed by atoms with E-state index in [1.54, 1.807) is 24.5 Å². The van der Waals surface area contributed by atoms with E-state index in [-0.39, 0.29) is 29.4 Å². The van der Waals surface area contributed by atoms with Crippen molar-refractivity contribution >= 4 is 17.6 Å². The van der Waals surface area contributed by atoms with Gasteiger partial charge in [-0.05, 0) is 76.7 Å². The summed E-state index contributed by atoms with van der Waals surface area (Å²) in [6.07, 6.45) is 9.58. The van der Waals surface area contributed by atoms with E-state index >= 15 is 0 Å². The van der Waals surface area contributed by atoms with Crippen LogP contribution in [-0.4, -0.2) is 81.6 Å². The lowest BCUT2D eigenvalue weighted by molar-refractivity contribution is -0.116. The lowest BCUT2D eigenvalue weighted by Crippen LogP contribution is -2.59. The molecule has 3 fully saturated rings. The first-order valence-electron chi connectivity index (χ1n) is 13.5. The monoisotopic (exact) mass is 505 g/mol. The Labute approximate surface area is 219 Å². The standard InChI is InChI=1S/C29H39N5O3/c1-32(2)29(23-7-4-3-5-8-23)16-14-27(15-17-29)21-33(26(36)34(27)22-28(37)12-6-13-28)20-11-25(35)31-24-9-18-30-19-10-24/h3-5,7-10,18-19,37H,6,11-17,20-22H2,1-2H3,(H,30,31,35)/t27-,29+. The molecule has 0 bridgehead atoms. The third-order valence-electron chi connectivity index (χ3n) is 9.04. The van der Waals surface area contributed by atoms with Crippen LogP contribution >= 0.6 is 0 Å². The van der Waals surface area contributed by atoms with Crippen molar-refractivity contribution in [3.63, 3.8) is 0 Å². The number of amides is 3. The van der Waals surface area contributed by atoms with Crippen molar-refractivity contribution < 1.29 is 14.7 Å². The molecule has 1 aromatic carbocycles. The highest BCUT2D eigenvalue weighted by Crippen LogP contribution is 2.50. The van der Waals surface area contributed by atoms with Gasteiger partial charge in [0.15, 0.2) is 0 Å². The van der Waals surface area contributed by atoms with Gasteiger partial charge in [0.05, 0.1) is 17.7 Å². The summed E-state index contributed by atoms with van der Waals surface area (Å²) in [5, 5.41) is 13.9. The molecule has 37 heavy (non-hydrogen) atoms. The maximum Gasteiger partial charge on any atom is 0.320 e. The van der Waals surface area contributed by atoms with Gasteiger partial charge in [-0.25, -0.2) is 4.79 Å². The molecule has 3 aliphatic rings. The van der Waals surface area contributed by atoms with E-state index in [0.29, 0.717) is 25.3 Å². The maximum absolute atomic E-state index is 13.7. The zero-order valence-electron chi connectivity index (χ0n) is 22.0. The molecule has 2 saturated carbocycles. The molecule has 2 aliphatic carbocycles. The number of pyridine rings is 1. The number of benzene rings is 1. The number of rotatable bonds is 8. The fourth-order valence-corrected chi connectivity index (χ4v) is 6.52. The molecule has 2 aromatic rings. The summed E-state index contributed by atoms with van der Waals surface area (Å²) in [4.78, 5) is 36.4. The summed E-state index contributed by atoms with van der Waals surface area (Å²) in [5.74, 6) is -0.122. The third-order valence-corrected chi connectivity index (χ3v) is 9.04. The Morgan fingerprint density at radius 1 is 1.03 bits per heavy atom. The van der Waals surface area contributed by atoms with Crippen molar-refractivity contribution in [3.05, 3.63) is 60.4 Å². The molecule has 5 rings (SSSR count). The third kappa shape index (κ3) is 4.97. The van der Waals surface area contributed by atoms with Crippen LogP contribution in [0.1, 0.15) is 56.9 Å². The molecule has 1 spiro atoms. The molecule has 2 heterocycles. The highest BCUT2D eigenvalue weighted by Gasteiger charge is 2.56. The van der Waals surface area contributed by atoms with Gasteiger partial charge in [-0.15, -0.1) is 0 Å². The molecule has 1 saturated heterocycles. The second-order valence-electron chi connectivity index (χ2n) is 11.4. The molecule has 1 aromatic heterocycles. The Balaban J connectivity index is 1.32. The second kappa shape index (κ2) is 10.1. The van der Waals surface area contributed by atoms with Crippen LogP contribution in [0.5, 0.6) is 0 Å². The summed E-state index contributed by atoms with van der Waals surface area (Å²) >= 11 is 0. The summed E-state index contributed by atoms with van der Waals surface area (Å²) in [6.45, 7) is 1.35. The van der Waals surface area contributed by atoms with E-state index in [1.807, 2.05) is 9.80 Å². The number of carbonyl (C=O) groups excluding carboxylic acids is 2. The number of carbonyl (C=O) groups is 2. The number of aromatic nitrogens is 1. The molecule has 0 radical (unpaired) electrons. The van der Waals surface area contributed by atoms with E-state index in [9.17, 15) is 14.7 Å². The predicted octanol–water partition coefficient (Wildman–Crippen LogP) is 3.83. The number of hydrogen-bond donors (Lipinski definition) is 2. The Morgan fingerprint density at radius 3 is 2.30 bits per heavy atom. The Hall–Kier alpha value is -2.97. The first-order valence-corrected chi connectivity index (χ1v) is 13.5. The van der Waals surface area contributed by atoms with Crippen LogP contribution in [0, 0.1) is 0 Å². The topological polar surface area (TPSA) is 89.0 Å². The van der Waals surface area contributed by atoms with Crippen molar-refractivity contribution in [1.82, 2.24) is 19.7 Å². The molecule has 8 nitrogen and oxygen atoms in total. The van der Waals surface area contributed by atoms with Gasteiger partial charge < -0.3 is 20.2 Å². The molecule has 2 N–H and O–H groups in total. The first kappa shape index (κ1) is 25.7. The van der Waals surface area contributed by atoms with Crippen molar-refractivity contribution in [2.45, 2.75) is 68.0 Å². The Morgan fingerprint density at radius 2 is 1.70 bits per heavy atom. The van der Waals surface area contributed by atoms with E-state index < -0.39 is 5.60 Å². The molecule has 1 aliphatic heterocycles. The van der Waals surface area contributed by atoms with Crippen LogP contribution < -0.4 is 5.32 Å². The van der Waals surface area contributed by atoms with Gasteiger partial charge in [0.1, 0.15) is 0 Å². The number of nitrogens with one attached hydrogen (secondary N) is 1. The zero-order chi connectivity index (χ0) is 26.1. The number of β-amino-alcohol motifs (C(OH)–C–C–N with tert-alkyl or cyclic N) is 1. The van der Waals surface area contributed by atoms with Gasteiger partial charge in [-0.2, -0.15) is 0 Å². The Bertz CT molecular complexity index is 1100. The van der Waals surface area contributed by atoms with Crippen LogP contribution in [0.25, 0.3) is 0 Å². The first-order chi connectivity index (χ1) is 17.8. The van der Waals surface area contributed by atoms with Gasteiger partial charge in [-0.3, -0.25) is 14.7 Å². The maximum atomic E-state index is 13.7. The highest BCUT2D eigenvalue weighted by atomic mass is 16.3. The molecular weight excluding hydrogens is 466 g/mol. The SMILES string of the molecule is CN(C)[C@]1(c2ccccc2)CC[C@]2(CC1)CN(CCC(=O)Nc1ccncc1)C(=O)N2CC1(O)CCC1. The Kier molecular flexibility index (Phi) is 6.98. The number of anilines is 1. The number of hydrogen-bond acceptors (Lipinski definition) is 5. The number of aliphatic hydroxyl groups is 1. The van der Waals surface area contributed by atoms with Gasteiger partial charge in [-0.1, -0.05) is 30.3 Å². The molecule has 0 unspecified atom stereocenters. The van der Waals surface area contributed by atoms with E-state index in [1.165, 1.54) is 5.56 Å². The van der Waals surface area contributed by atoms with Crippen LogP contribution in [0.4, 0.5) is 10.5 Å². The molecular formula is C29H39N5O3. The lowest BCUT2D eigenvalue weighted by atomic mass is 9.67. The van der Waals surface area contributed by atoms with Crippen molar-refractivity contribution in [2.24, 2.45) is 0 Å². The van der Waals surface area contributed by atoms with Crippen molar-refractivity contribution in [2.75, 3.05) is 39.0 Å². The summed E-state index contributed by atoms with van der Waals surface area (Å²) in [5.41, 5.74) is 0.830. The summed E-state index contributed by atoms with van der Waals surface area (Å²) in [6, 6.07) is 14.1. The minimum absolute atomic E-state index is 0.0471. The number of urea groups is 1. The second-order valence-corrected chi connectivity index (χ2v) is 11.4. The van der Waals surface area contributed by atoms with Gasteiger partial charge in [0.25, 0.3) is 0 Å². The average molecular weight is 506 g/mol. The van der Waals surface area contributed by atoms with Gasteiger partial charge in [0.2, 0.25) is 5.91 Å². The van der Waals surface area contributed by atoms with Crippen LogP contribution in [0.2, 0.25) is 0 Å². The van der Waals surface area contributed by atoms with Crippen LogP contribution in [0.3, 0.4) is 0 Å². The molecule has 198 valence electrons. The predicted molar refractivity (Wildman–Crippen MR) is 143 cm³/mol. The van der Waals surface area contributed by atoms with Crippen LogP contribution in [-0.2, 0) is 10.3 Å². The normalized spacial score (nSPS) is 27.0. The van der Waals surface area contributed by atoms with E-state index in [4.69, 9.17) is 0 Å². The van der Waals surface area contributed by atoms with Crippen LogP contribution in [0.15, 0.2) is 54.9 Å². The van der Waals surface area contributed by atoms with Crippen molar-refractivity contribution in [3.8, 4) is 0 Å². The van der Waals surface area contributed by atoms with Gasteiger partial charge >= 0.3 is 6.03 Å². The number of nitrogens with zero attached hydrogens (tertiary/aromatic N) is 4. The smallest absolute Gasteiger partial charge is 0.320 e. The minimum Gasteiger partial charge on any atom is -0.388 e. The lowest BCUT2D eigenvalue weighted by Gasteiger charge is -2.52. The summed E-state index contributed by atoms with van der Waals surface area (Å²) < 4.78 is 0. The summed E-state index contributed by atoms with van der Waals surface area (Å²) in [7, 11) is 4.29. The quantitative estimate of drug-likeness (QED) is 0.569. The molecule has 8 heteroatoms. The largest absolute Gasteiger partial charge is 0.388 e. The molecule has 3 amide bonds. The van der Waals surface area contributed by atoms with Gasteiger partial charge in [0, 0.05) is 43.1 Å². The fraction of sp³-hybridized carbons (Fsp3) is 0.552. The minimum atomic E-state index is -0.785.